The minimum Gasteiger partial charge on any atom is -0.383 e. The molecule has 4 N–H and O–H groups in total. The van der Waals surface area contributed by atoms with Gasteiger partial charge < -0.3 is 11.5 Å². The Morgan fingerprint density at radius 1 is 1.12 bits per heavy atom. The zero-order valence-electron chi connectivity index (χ0n) is 13.6. The summed E-state index contributed by atoms with van der Waals surface area (Å²) in [6.45, 7) is 1.79. The maximum absolute atomic E-state index is 12.9. The van der Waals surface area contributed by atoms with E-state index >= 15 is 0 Å². The number of nitrogens with zero attached hydrogens (tertiary/aromatic N) is 2. The van der Waals surface area contributed by atoms with E-state index in [9.17, 15) is 13.2 Å². The van der Waals surface area contributed by atoms with Crippen LogP contribution < -0.4 is 11.5 Å². The lowest BCUT2D eigenvalue weighted by molar-refractivity contribution is -0.137. The number of nitrogen functional groups attached to an aromatic ring is 2. The van der Waals surface area contributed by atoms with Crippen LogP contribution >= 0.6 is 11.6 Å². The SMILES string of the molecule is Cc1c(/C(Cl)=C\c2cccc(C(F)(F)F)c2)ccc2nc(N)nc(N)c12. The highest BCUT2D eigenvalue weighted by molar-refractivity contribution is 6.51. The quantitative estimate of drug-likeness (QED) is 0.624. The molecule has 0 amide bonds. The fraction of sp³-hybridized carbons (Fsp3) is 0.111. The van der Waals surface area contributed by atoms with Gasteiger partial charge in [-0.2, -0.15) is 18.2 Å². The summed E-state index contributed by atoms with van der Waals surface area (Å²) in [5.41, 5.74) is 13.0. The molecule has 0 saturated carbocycles. The highest BCUT2D eigenvalue weighted by Gasteiger charge is 2.30. The predicted octanol–water partition coefficient (Wildman–Crippen LogP) is 4.86. The number of fused-ring (bicyclic) bond motifs is 1. The molecule has 0 atom stereocenters. The third kappa shape index (κ3) is 3.43. The molecule has 1 heterocycles. The molecule has 0 saturated heterocycles. The highest BCUT2D eigenvalue weighted by Crippen LogP contribution is 2.33. The second kappa shape index (κ2) is 6.49. The van der Waals surface area contributed by atoms with Crippen LogP contribution in [0.3, 0.4) is 0 Å². The van der Waals surface area contributed by atoms with Gasteiger partial charge in [-0.05, 0) is 47.9 Å². The number of aromatic nitrogens is 2. The molecule has 0 radical (unpaired) electrons. The van der Waals surface area contributed by atoms with Gasteiger partial charge in [0.15, 0.2) is 0 Å². The second-order valence-corrected chi connectivity index (χ2v) is 6.12. The predicted molar refractivity (Wildman–Crippen MR) is 98.3 cm³/mol. The summed E-state index contributed by atoms with van der Waals surface area (Å²) in [5.74, 6) is 0.281. The van der Waals surface area contributed by atoms with E-state index in [1.54, 1.807) is 25.1 Å². The van der Waals surface area contributed by atoms with E-state index in [1.165, 1.54) is 12.1 Å². The molecule has 2 aromatic carbocycles. The molecule has 0 fully saturated rings. The van der Waals surface area contributed by atoms with E-state index in [1.807, 2.05) is 0 Å². The number of nitrogens with two attached hydrogens (primary N) is 2. The van der Waals surface area contributed by atoms with Crippen LogP contribution in [0.25, 0.3) is 22.0 Å². The number of halogens is 4. The molecule has 26 heavy (non-hydrogen) atoms. The van der Waals surface area contributed by atoms with Crippen LogP contribution in [0, 0.1) is 6.92 Å². The van der Waals surface area contributed by atoms with E-state index in [2.05, 4.69) is 9.97 Å². The van der Waals surface area contributed by atoms with Crippen LogP contribution in [-0.2, 0) is 6.18 Å². The summed E-state index contributed by atoms with van der Waals surface area (Å²) in [7, 11) is 0. The number of anilines is 2. The topological polar surface area (TPSA) is 77.8 Å². The molecule has 4 nitrogen and oxygen atoms in total. The summed E-state index contributed by atoms with van der Waals surface area (Å²) in [4.78, 5) is 8.06. The fourth-order valence-electron chi connectivity index (χ4n) is 2.73. The van der Waals surface area contributed by atoms with Crippen LogP contribution in [0.4, 0.5) is 24.9 Å². The zero-order chi connectivity index (χ0) is 19.1. The van der Waals surface area contributed by atoms with Crippen LogP contribution in [-0.4, -0.2) is 9.97 Å². The lowest BCUT2D eigenvalue weighted by Crippen LogP contribution is -2.04. The van der Waals surface area contributed by atoms with Gasteiger partial charge >= 0.3 is 6.18 Å². The van der Waals surface area contributed by atoms with Crippen molar-refractivity contribution >= 4 is 45.4 Å². The molecule has 8 heteroatoms. The zero-order valence-corrected chi connectivity index (χ0v) is 14.4. The molecule has 0 aliphatic carbocycles. The van der Waals surface area contributed by atoms with E-state index < -0.39 is 11.7 Å². The minimum absolute atomic E-state index is 0.0627. The number of hydrogen-bond donors (Lipinski definition) is 2. The molecule has 0 spiro atoms. The normalized spacial score (nSPS) is 12.6. The standard InChI is InChI=1S/C18H14ClF3N4/c1-9-12(5-6-14-15(9)16(23)26-17(24)25-14)13(19)8-10-3-2-4-11(7-10)18(20,21)22/h2-8H,1H3,(H4,23,24,25,26)/b13-8+. The first-order valence-corrected chi connectivity index (χ1v) is 7.92. The van der Waals surface area contributed by atoms with Crippen molar-refractivity contribution in [1.29, 1.82) is 0 Å². The van der Waals surface area contributed by atoms with Crippen LogP contribution in [0.5, 0.6) is 0 Å². The van der Waals surface area contributed by atoms with Crippen molar-refractivity contribution in [3.8, 4) is 0 Å². The number of alkyl halides is 3. The molecule has 0 aliphatic heterocycles. The maximum Gasteiger partial charge on any atom is 0.416 e. The Hall–Kier alpha value is -2.80. The highest BCUT2D eigenvalue weighted by atomic mass is 35.5. The largest absolute Gasteiger partial charge is 0.416 e. The molecule has 3 rings (SSSR count). The van der Waals surface area contributed by atoms with Gasteiger partial charge in [-0.15, -0.1) is 0 Å². The van der Waals surface area contributed by atoms with Gasteiger partial charge in [0.2, 0.25) is 5.95 Å². The van der Waals surface area contributed by atoms with Gasteiger partial charge in [0.05, 0.1) is 11.1 Å². The fourth-order valence-corrected chi connectivity index (χ4v) is 3.06. The van der Waals surface area contributed by atoms with Gasteiger partial charge in [0.25, 0.3) is 0 Å². The van der Waals surface area contributed by atoms with Crippen molar-refractivity contribution in [2.24, 2.45) is 0 Å². The second-order valence-electron chi connectivity index (χ2n) is 5.71. The molecular formula is C18H14ClF3N4. The molecule has 1 aromatic heterocycles. The molecule has 0 aliphatic rings. The summed E-state index contributed by atoms with van der Waals surface area (Å²) < 4.78 is 38.6. The average molecular weight is 379 g/mol. The average Bonchev–Trinajstić information content (AvgIpc) is 2.53. The van der Waals surface area contributed by atoms with Gasteiger partial charge in [0.1, 0.15) is 5.82 Å². The Labute approximate surface area is 152 Å². The Morgan fingerprint density at radius 3 is 2.54 bits per heavy atom. The first kappa shape index (κ1) is 18.0. The van der Waals surface area contributed by atoms with Gasteiger partial charge in [-0.25, -0.2) is 4.98 Å². The number of benzene rings is 2. The first-order valence-electron chi connectivity index (χ1n) is 7.54. The number of aryl methyl sites for hydroxylation is 1. The van der Waals surface area contributed by atoms with Gasteiger partial charge in [0, 0.05) is 10.4 Å². The first-order chi connectivity index (χ1) is 12.2. The maximum atomic E-state index is 12.9. The summed E-state index contributed by atoms with van der Waals surface area (Å²) in [5, 5.41) is 0.882. The molecule has 3 aromatic rings. The number of hydrogen-bond acceptors (Lipinski definition) is 4. The Morgan fingerprint density at radius 2 is 1.85 bits per heavy atom. The van der Waals surface area contributed by atoms with Gasteiger partial charge in [-0.3, -0.25) is 0 Å². The van der Waals surface area contributed by atoms with E-state index in [0.717, 1.165) is 12.1 Å². The van der Waals surface area contributed by atoms with Crippen LogP contribution in [0.15, 0.2) is 36.4 Å². The van der Waals surface area contributed by atoms with Crippen molar-refractivity contribution < 1.29 is 13.2 Å². The van der Waals surface area contributed by atoms with Gasteiger partial charge in [-0.1, -0.05) is 29.8 Å². The lowest BCUT2D eigenvalue weighted by Gasteiger charge is -2.11. The molecule has 0 bridgehead atoms. The van der Waals surface area contributed by atoms with E-state index in [0.29, 0.717) is 27.6 Å². The molecule has 0 unspecified atom stereocenters. The summed E-state index contributed by atoms with van der Waals surface area (Å²) in [6.07, 6.45) is -2.94. The van der Waals surface area contributed by atoms with Crippen molar-refractivity contribution in [2.75, 3.05) is 11.5 Å². The van der Waals surface area contributed by atoms with Crippen molar-refractivity contribution in [1.82, 2.24) is 9.97 Å². The third-order valence-corrected chi connectivity index (χ3v) is 4.25. The van der Waals surface area contributed by atoms with Crippen LogP contribution in [0.2, 0.25) is 0 Å². The Kier molecular flexibility index (Phi) is 4.50. The molecular weight excluding hydrogens is 365 g/mol. The number of rotatable bonds is 2. The molecule has 134 valence electrons. The van der Waals surface area contributed by atoms with E-state index in [4.69, 9.17) is 23.1 Å². The van der Waals surface area contributed by atoms with Crippen molar-refractivity contribution in [3.63, 3.8) is 0 Å². The smallest absolute Gasteiger partial charge is 0.383 e. The van der Waals surface area contributed by atoms with Crippen molar-refractivity contribution in [3.05, 3.63) is 58.7 Å². The third-order valence-electron chi connectivity index (χ3n) is 3.93. The minimum atomic E-state index is -4.42. The van der Waals surface area contributed by atoms with Crippen molar-refractivity contribution in [2.45, 2.75) is 13.1 Å². The Balaban J connectivity index is 2.09. The monoisotopic (exact) mass is 378 g/mol. The lowest BCUT2D eigenvalue weighted by atomic mass is 10.0. The van der Waals surface area contributed by atoms with E-state index in [-0.39, 0.29) is 16.8 Å². The van der Waals surface area contributed by atoms with Crippen LogP contribution in [0.1, 0.15) is 22.3 Å². The summed E-state index contributed by atoms with van der Waals surface area (Å²) >= 11 is 6.37. The Bertz CT molecular complexity index is 1030. The summed E-state index contributed by atoms with van der Waals surface area (Å²) in [6, 6.07) is 8.34.